The highest BCUT2D eigenvalue weighted by Gasteiger charge is 2.55. The Balaban J connectivity index is 1.36. The van der Waals surface area contributed by atoms with Crippen LogP contribution in [0, 0.1) is 26.7 Å². The van der Waals surface area contributed by atoms with Crippen LogP contribution in [0.4, 0.5) is 4.79 Å². The number of imide groups is 1. The molecule has 2 saturated heterocycles. The third-order valence-electron chi connectivity index (χ3n) is 8.22. The molecule has 6 heteroatoms. The number of hydrogen-bond donors (Lipinski definition) is 1. The molecule has 0 bridgehead atoms. The number of urea groups is 1. The Kier molecular flexibility index (Phi) is 7.11. The van der Waals surface area contributed by atoms with Crippen molar-refractivity contribution in [3.8, 4) is 0 Å². The van der Waals surface area contributed by atoms with E-state index < -0.39 is 5.54 Å². The van der Waals surface area contributed by atoms with Crippen LogP contribution in [0.25, 0.3) is 0 Å². The Labute approximate surface area is 219 Å². The van der Waals surface area contributed by atoms with Gasteiger partial charge in [0.05, 0.1) is 6.54 Å². The molecule has 2 aliphatic heterocycles. The van der Waals surface area contributed by atoms with E-state index in [2.05, 4.69) is 48.1 Å². The van der Waals surface area contributed by atoms with E-state index in [0.29, 0.717) is 6.42 Å². The number of pyridine rings is 1. The summed E-state index contributed by atoms with van der Waals surface area (Å²) in [5, 5.41) is 3.19. The molecule has 5 rings (SSSR count). The summed E-state index contributed by atoms with van der Waals surface area (Å²) in [6.07, 6.45) is 5.64. The minimum absolute atomic E-state index is 0.0696. The van der Waals surface area contributed by atoms with E-state index >= 15 is 0 Å². The fourth-order valence-electron chi connectivity index (χ4n) is 5.94. The topological polar surface area (TPSA) is 65.5 Å². The highest BCUT2D eigenvalue weighted by molar-refractivity contribution is 6.07. The van der Waals surface area contributed by atoms with Crippen molar-refractivity contribution in [2.24, 2.45) is 5.92 Å². The second kappa shape index (κ2) is 10.5. The lowest BCUT2D eigenvalue weighted by atomic mass is 9.73. The first-order valence-electron chi connectivity index (χ1n) is 13.2. The molecule has 1 atom stereocenters. The fourth-order valence-corrected chi connectivity index (χ4v) is 5.94. The summed E-state index contributed by atoms with van der Waals surface area (Å²) < 4.78 is 0. The number of aryl methyl sites for hydroxylation is 3. The Morgan fingerprint density at radius 3 is 2.30 bits per heavy atom. The normalized spacial score (nSPS) is 20.9. The summed E-state index contributed by atoms with van der Waals surface area (Å²) in [4.78, 5) is 35.3. The summed E-state index contributed by atoms with van der Waals surface area (Å²) in [6, 6.07) is 18.1. The van der Waals surface area contributed by atoms with Crippen LogP contribution >= 0.6 is 0 Å². The number of nitrogens with one attached hydrogen (secondary N) is 1. The molecule has 1 N–H and O–H groups in total. The van der Waals surface area contributed by atoms with Crippen LogP contribution in [0.15, 0.2) is 67.0 Å². The molecule has 2 aromatic carbocycles. The van der Waals surface area contributed by atoms with Crippen molar-refractivity contribution in [1.29, 1.82) is 0 Å². The van der Waals surface area contributed by atoms with Gasteiger partial charge in [-0.15, -0.1) is 0 Å². The molecular formula is C31H36N4O2. The number of nitrogens with zero attached hydrogens (tertiary/aromatic N) is 3. The maximum Gasteiger partial charge on any atom is 0.325 e. The van der Waals surface area contributed by atoms with Gasteiger partial charge in [-0.3, -0.25) is 19.6 Å². The summed E-state index contributed by atoms with van der Waals surface area (Å²) in [5.74, 6) is -0.0474. The van der Waals surface area contributed by atoms with E-state index in [1.807, 2.05) is 42.5 Å². The van der Waals surface area contributed by atoms with Crippen LogP contribution in [-0.4, -0.2) is 45.4 Å². The average molecular weight is 497 g/mol. The molecule has 3 heterocycles. The molecule has 1 aromatic heterocycles. The number of rotatable bonds is 7. The van der Waals surface area contributed by atoms with Gasteiger partial charge >= 0.3 is 6.03 Å². The standard InChI is InChI=1S/C31H36N4O2/c1-22-16-24(3)27(17-23(22)2)21-34-14-11-28(12-15-34)31(18-25-8-5-4-6-9-25)29(36)35(30(37)33-31)20-26-10-7-13-32-19-26/h4-10,13,16-17,19,28H,11-12,14-15,18,20-21H2,1-3H3,(H,33,37). The molecular weight excluding hydrogens is 460 g/mol. The zero-order valence-corrected chi connectivity index (χ0v) is 22.0. The van der Waals surface area contributed by atoms with Crippen LogP contribution in [-0.2, 0) is 24.3 Å². The number of piperidine rings is 1. The van der Waals surface area contributed by atoms with Gasteiger partial charge in [0.15, 0.2) is 0 Å². The molecule has 0 spiro atoms. The minimum Gasteiger partial charge on any atom is -0.322 e. The van der Waals surface area contributed by atoms with Crippen LogP contribution in [0.3, 0.4) is 0 Å². The van der Waals surface area contributed by atoms with Gasteiger partial charge in [-0.2, -0.15) is 0 Å². The molecule has 2 aliphatic rings. The van der Waals surface area contributed by atoms with E-state index in [9.17, 15) is 9.59 Å². The van der Waals surface area contributed by atoms with Gasteiger partial charge in [0.2, 0.25) is 0 Å². The van der Waals surface area contributed by atoms with E-state index in [1.165, 1.54) is 27.2 Å². The zero-order valence-electron chi connectivity index (χ0n) is 22.0. The van der Waals surface area contributed by atoms with Gasteiger partial charge in [-0.1, -0.05) is 48.5 Å². The smallest absolute Gasteiger partial charge is 0.322 e. The van der Waals surface area contributed by atoms with E-state index in [1.54, 1.807) is 12.4 Å². The lowest BCUT2D eigenvalue weighted by Gasteiger charge is -2.41. The monoisotopic (exact) mass is 496 g/mol. The third kappa shape index (κ3) is 5.16. The molecule has 3 aromatic rings. The molecule has 0 saturated carbocycles. The second-order valence-electron chi connectivity index (χ2n) is 10.7. The molecule has 2 fully saturated rings. The molecule has 0 radical (unpaired) electrons. The summed E-state index contributed by atoms with van der Waals surface area (Å²) in [6.45, 7) is 9.47. The molecule has 6 nitrogen and oxygen atoms in total. The Hall–Kier alpha value is -3.51. The lowest BCUT2D eigenvalue weighted by molar-refractivity contribution is -0.134. The van der Waals surface area contributed by atoms with Crippen molar-refractivity contribution in [2.75, 3.05) is 13.1 Å². The van der Waals surface area contributed by atoms with E-state index in [0.717, 1.165) is 43.6 Å². The van der Waals surface area contributed by atoms with Crippen LogP contribution < -0.4 is 5.32 Å². The highest BCUT2D eigenvalue weighted by atomic mass is 16.2. The third-order valence-corrected chi connectivity index (χ3v) is 8.22. The Bertz CT molecular complexity index is 1270. The van der Waals surface area contributed by atoms with Crippen LogP contribution in [0.5, 0.6) is 0 Å². The summed E-state index contributed by atoms with van der Waals surface area (Å²) in [5.41, 5.74) is 6.33. The predicted molar refractivity (Wildman–Crippen MR) is 145 cm³/mol. The summed E-state index contributed by atoms with van der Waals surface area (Å²) >= 11 is 0. The quantitative estimate of drug-likeness (QED) is 0.470. The highest BCUT2D eigenvalue weighted by Crippen LogP contribution is 2.37. The van der Waals surface area contributed by atoms with Crippen LogP contribution in [0.1, 0.15) is 46.2 Å². The zero-order chi connectivity index (χ0) is 26.0. The van der Waals surface area contributed by atoms with Crippen molar-refractivity contribution in [3.63, 3.8) is 0 Å². The maximum atomic E-state index is 14.0. The molecule has 192 valence electrons. The van der Waals surface area contributed by atoms with Crippen molar-refractivity contribution in [3.05, 3.63) is 100 Å². The van der Waals surface area contributed by atoms with Crippen molar-refractivity contribution < 1.29 is 9.59 Å². The summed E-state index contributed by atoms with van der Waals surface area (Å²) in [7, 11) is 0. The van der Waals surface area contributed by atoms with Crippen molar-refractivity contribution in [1.82, 2.24) is 20.1 Å². The van der Waals surface area contributed by atoms with E-state index in [-0.39, 0.29) is 24.4 Å². The van der Waals surface area contributed by atoms with Crippen molar-refractivity contribution >= 4 is 11.9 Å². The molecule has 1 unspecified atom stereocenters. The van der Waals surface area contributed by atoms with E-state index in [4.69, 9.17) is 0 Å². The first-order valence-corrected chi connectivity index (χ1v) is 13.2. The van der Waals surface area contributed by atoms with Crippen molar-refractivity contribution in [2.45, 2.75) is 58.7 Å². The number of carbonyl (C=O) groups is 2. The Morgan fingerprint density at radius 1 is 0.892 bits per heavy atom. The fraction of sp³-hybridized carbons (Fsp3) is 0.387. The van der Waals surface area contributed by atoms with Crippen LogP contribution in [0.2, 0.25) is 0 Å². The van der Waals surface area contributed by atoms with Gasteiger partial charge in [0.25, 0.3) is 5.91 Å². The molecule has 0 aliphatic carbocycles. The van der Waals surface area contributed by atoms with Gasteiger partial charge in [-0.05, 0) is 92.1 Å². The predicted octanol–water partition coefficient (Wildman–Crippen LogP) is 4.95. The number of aromatic nitrogens is 1. The number of carbonyl (C=O) groups excluding carboxylic acids is 2. The molecule has 37 heavy (non-hydrogen) atoms. The largest absolute Gasteiger partial charge is 0.325 e. The number of likely N-dealkylation sites (tertiary alicyclic amines) is 1. The van der Waals surface area contributed by atoms with Gasteiger partial charge in [0.1, 0.15) is 5.54 Å². The second-order valence-corrected chi connectivity index (χ2v) is 10.7. The minimum atomic E-state index is -0.927. The Morgan fingerprint density at radius 2 is 1.59 bits per heavy atom. The SMILES string of the molecule is Cc1cc(C)c(CN2CCC(C3(Cc4ccccc4)NC(=O)N(Cc4cccnc4)C3=O)CC2)cc1C. The van der Waals surface area contributed by atoms with Gasteiger partial charge < -0.3 is 5.32 Å². The number of hydrogen-bond acceptors (Lipinski definition) is 4. The maximum absolute atomic E-state index is 14.0. The van der Waals surface area contributed by atoms with Gasteiger partial charge in [-0.25, -0.2) is 4.79 Å². The molecule has 3 amide bonds. The first kappa shape index (κ1) is 25.2. The van der Waals surface area contributed by atoms with Gasteiger partial charge in [0, 0.05) is 25.4 Å². The number of benzene rings is 2. The average Bonchev–Trinajstić information content (AvgIpc) is 3.13. The lowest BCUT2D eigenvalue weighted by Crippen LogP contribution is -2.57. The first-order chi connectivity index (χ1) is 17.9. The number of amides is 3.